The molecule has 0 aliphatic heterocycles. The predicted molar refractivity (Wildman–Crippen MR) is 125 cm³/mol. The van der Waals surface area contributed by atoms with Gasteiger partial charge in [0, 0.05) is 6.54 Å². The number of ether oxygens (including phenoxy) is 4. The molecule has 0 fully saturated rings. The molecule has 0 aliphatic carbocycles. The first-order valence-corrected chi connectivity index (χ1v) is 10.7. The summed E-state index contributed by atoms with van der Waals surface area (Å²) in [6, 6.07) is 10.8. The molecule has 2 aromatic carbocycles. The lowest BCUT2D eigenvalue weighted by Gasteiger charge is -2.11. The lowest BCUT2D eigenvalue weighted by Crippen LogP contribution is -2.38. The monoisotopic (exact) mass is 457 g/mol. The molecule has 2 N–H and O–H groups in total. The Kier molecular flexibility index (Phi) is 10.5. The summed E-state index contributed by atoms with van der Waals surface area (Å²) in [6.07, 6.45) is 2.84. The second-order valence-electron chi connectivity index (χ2n) is 6.88. The van der Waals surface area contributed by atoms with Gasteiger partial charge in [0.05, 0.1) is 33.6 Å². The van der Waals surface area contributed by atoms with Crippen LogP contribution in [0.25, 0.3) is 0 Å². The van der Waals surface area contributed by atoms with Gasteiger partial charge < -0.3 is 24.3 Å². The Balaban J connectivity index is 1.84. The number of rotatable bonds is 12. The summed E-state index contributed by atoms with van der Waals surface area (Å²) in [4.78, 5) is 24.0. The normalized spacial score (nSPS) is 10.5. The van der Waals surface area contributed by atoms with Crippen molar-refractivity contribution in [1.82, 2.24) is 10.7 Å². The van der Waals surface area contributed by atoms with Crippen molar-refractivity contribution in [2.75, 3.05) is 34.0 Å². The maximum absolute atomic E-state index is 12.0. The summed E-state index contributed by atoms with van der Waals surface area (Å²) < 4.78 is 21.7. The lowest BCUT2D eigenvalue weighted by atomic mass is 10.1. The Morgan fingerprint density at radius 3 is 2.36 bits per heavy atom. The molecule has 0 saturated heterocycles. The lowest BCUT2D eigenvalue weighted by molar-refractivity contribution is -0.139. The van der Waals surface area contributed by atoms with Crippen molar-refractivity contribution in [3.8, 4) is 23.0 Å². The molecule has 2 rings (SSSR count). The maximum atomic E-state index is 12.0. The van der Waals surface area contributed by atoms with Crippen molar-refractivity contribution < 1.29 is 28.5 Å². The van der Waals surface area contributed by atoms with Crippen LogP contribution in [0.3, 0.4) is 0 Å². The van der Waals surface area contributed by atoms with Gasteiger partial charge in [0.15, 0.2) is 23.0 Å². The molecule has 0 bridgehead atoms. The number of hydrogen-bond acceptors (Lipinski definition) is 7. The van der Waals surface area contributed by atoms with E-state index in [1.54, 1.807) is 38.5 Å². The Morgan fingerprint density at radius 2 is 1.67 bits per heavy atom. The largest absolute Gasteiger partial charge is 0.493 e. The molecular weight excluding hydrogens is 426 g/mol. The Morgan fingerprint density at radius 1 is 0.909 bits per heavy atom. The first-order valence-electron chi connectivity index (χ1n) is 10.7. The molecule has 9 heteroatoms. The smallest absolute Gasteiger partial charge is 0.329 e. The van der Waals surface area contributed by atoms with Crippen molar-refractivity contribution in [2.24, 2.45) is 5.10 Å². The van der Waals surface area contributed by atoms with Crippen LogP contribution in [0.1, 0.15) is 31.4 Å². The van der Waals surface area contributed by atoms with E-state index in [1.165, 1.54) is 6.21 Å². The van der Waals surface area contributed by atoms with E-state index in [-0.39, 0.29) is 6.54 Å². The van der Waals surface area contributed by atoms with Crippen LogP contribution in [0.15, 0.2) is 41.5 Å². The highest BCUT2D eigenvalue weighted by atomic mass is 16.5. The average Bonchev–Trinajstić information content (AvgIpc) is 2.83. The van der Waals surface area contributed by atoms with Crippen LogP contribution in [0.2, 0.25) is 0 Å². The molecule has 0 radical (unpaired) electrons. The zero-order valence-corrected chi connectivity index (χ0v) is 19.5. The summed E-state index contributed by atoms with van der Waals surface area (Å²) in [7, 11) is 3.12. The average molecular weight is 458 g/mol. The molecule has 9 nitrogen and oxygen atoms in total. The van der Waals surface area contributed by atoms with E-state index in [1.807, 2.05) is 26.0 Å². The highest BCUT2D eigenvalue weighted by Gasteiger charge is 2.12. The van der Waals surface area contributed by atoms with Gasteiger partial charge in [0.25, 0.3) is 0 Å². The van der Waals surface area contributed by atoms with Gasteiger partial charge in [0.1, 0.15) is 0 Å². The number of methoxy groups -OCH3 is 2. The van der Waals surface area contributed by atoms with Crippen LogP contribution in [-0.2, 0) is 16.0 Å². The molecule has 178 valence electrons. The van der Waals surface area contributed by atoms with Crippen LogP contribution in [0.4, 0.5) is 0 Å². The summed E-state index contributed by atoms with van der Waals surface area (Å²) >= 11 is 0. The van der Waals surface area contributed by atoms with Gasteiger partial charge in [-0.25, -0.2) is 5.43 Å². The molecule has 2 amide bonds. The minimum Gasteiger partial charge on any atom is -0.493 e. The minimum atomic E-state index is -0.855. The number of amides is 2. The van der Waals surface area contributed by atoms with Crippen LogP contribution >= 0.6 is 0 Å². The van der Waals surface area contributed by atoms with Crippen LogP contribution in [-0.4, -0.2) is 52.0 Å². The predicted octanol–water partition coefficient (Wildman–Crippen LogP) is 2.70. The summed E-state index contributed by atoms with van der Waals surface area (Å²) in [5.41, 5.74) is 3.85. The quantitative estimate of drug-likeness (QED) is 0.288. The number of carbonyl (C=O) groups excluding carboxylic acids is 2. The first kappa shape index (κ1) is 25.5. The molecule has 0 aliphatic rings. The zero-order chi connectivity index (χ0) is 24.1. The standard InChI is InChI=1S/C24H31N3O6/c1-5-13-33-20-10-8-18(15-22(20)32-6-2)16-26-27-24(29)23(28)25-12-11-17-7-9-19(30-3)21(14-17)31-4/h7-10,14-16H,5-6,11-13H2,1-4H3,(H,25,28)(H,27,29)/b26-16+. The Labute approximate surface area is 194 Å². The van der Waals surface area contributed by atoms with E-state index >= 15 is 0 Å². The van der Waals surface area contributed by atoms with E-state index < -0.39 is 11.8 Å². The number of carbonyl (C=O) groups is 2. The summed E-state index contributed by atoms with van der Waals surface area (Å²) in [5.74, 6) is 0.838. The van der Waals surface area contributed by atoms with Crippen molar-refractivity contribution >= 4 is 18.0 Å². The van der Waals surface area contributed by atoms with Gasteiger partial charge in [-0.1, -0.05) is 13.0 Å². The molecule has 2 aromatic rings. The van der Waals surface area contributed by atoms with E-state index in [9.17, 15) is 9.59 Å². The maximum Gasteiger partial charge on any atom is 0.329 e. The fourth-order valence-electron chi connectivity index (χ4n) is 2.86. The minimum absolute atomic E-state index is 0.280. The zero-order valence-electron chi connectivity index (χ0n) is 19.5. The van der Waals surface area contributed by atoms with E-state index in [4.69, 9.17) is 18.9 Å². The van der Waals surface area contributed by atoms with E-state index in [2.05, 4.69) is 15.8 Å². The molecule has 0 unspecified atom stereocenters. The van der Waals surface area contributed by atoms with Crippen molar-refractivity contribution in [2.45, 2.75) is 26.7 Å². The second-order valence-corrected chi connectivity index (χ2v) is 6.88. The van der Waals surface area contributed by atoms with Gasteiger partial charge >= 0.3 is 11.8 Å². The SMILES string of the molecule is CCCOc1ccc(/C=N/NC(=O)C(=O)NCCc2ccc(OC)c(OC)c2)cc1OCC. The molecule has 0 heterocycles. The Bertz CT molecular complexity index is 961. The van der Waals surface area contributed by atoms with E-state index in [0.29, 0.717) is 48.2 Å². The van der Waals surface area contributed by atoms with Gasteiger partial charge in [-0.2, -0.15) is 5.10 Å². The fourth-order valence-corrected chi connectivity index (χ4v) is 2.86. The molecule has 0 aromatic heterocycles. The van der Waals surface area contributed by atoms with Crippen molar-refractivity contribution in [1.29, 1.82) is 0 Å². The van der Waals surface area contributed by atoms with Crippen molar-refractivity contribution in [3.63, 3.8) is 0 Å². The van der Waals surface area contributed by atoms with Gasteiger partial charge in [-0.3, -0.25) is 9.59 Å². The van der Waals surface area contributed by atoms with Crippen LogP contribution in [0.5, 0.6) is 23.0 Å². The molecule has 0 spiro atoms. The second kappa shape index (κ2) is 13.6. The van der Waals surface area contributed by atoms with Crippen LogP contribution in [0, 0.1) is 0 Å². The number of hydrogen-bond donors (Lipinski definition) is 2. The van der Waals surface area contributed by atoms with Crippen LogP contribution < -0.4 is 29.7 Å². The third-order valence-corrected chi connectivity index (χ3v) is 4.46. The molecular formula is C24H31N3O6. The number of benzene rings is 2. The molecule has 0 saturated carbocycles. The van der Waals surface area contributed by atoms with E-state index in [0.717, 1.165) is 12.0 Å². The molecule has 0 atom stereocenters. The van der Waals surface area contributed by atoms with Gasteiger partial charge in [0.2, 0.25) is 0 Å². The summed E-state index contributed by atoms with van der Waals surface area (Å²) in [6.45, 7) is 5.27. The highest BCUT2D eigenvalue weighted by molar-refractivity contribution is 6.35. The number of hydrazone groups is 1. The molecule has 33 heavy (non-hydrogen) atoms. The van der Waals surface area contributed by atoms with Gasteiger partial charge in [-0.05, 0) is 61.2 Å². The summed E-state index contributed by atoms with van der Waals surface area (Å²) in [5, 5.41) is 6.42. The third kappa shape index (κ3) is 8.03. The number of nitrogens with one attached hydrogen (secondary N) is 2. The topological polar surface area (TPSA) is 107 Å². The Hall–Kier alpha value is -3.75. The first-order chi connectivity index (χ1) is 16.0. The van der Waals surface area contributed by atoms with Crippen molar-refractivity contribution in [3.05, 3.63) is 47.5 Å². The fraction of sp³-hybridized carbons (Fsp3) is 0.375. The number of nitrogens with zero attached hydrogens (tertiary/aromatic N) is 1. The third-order valence-electron chi connectivity index (χ3n) is 4.46. The highest BCUT2D eigenvalue weighted by Crippen LogP contribution is 2.28. The van der Waals surface area contributed by atoms with Gasteiger partial charge in [-0.15, -0.1) is 0 Å².